The van der Waals surface area contributed by atoms with E-state index < -0.39 is 17.4 Å². The molecular weight excluding hydrogens is 316 g/mol. The van der Waals surface area contributed by atoms with E-state index in [0.717, 1.165) is 70.6 Å². The third-order valence-corrected chi connectivity index (χ3v) is 5.73. The molecule has 0 aromatic carbocycles. The van der Waals surface area contributed by atoms with Crippen LogP contribution in [0.1, 0.15) is 97.3 Å². The van der Waals surface area contributed by atoms with E-state index in [1.807, 2.05) is 6.92 Å². The van der Waals surface area contributed by atoms with E-state index in [9.17, 15) is 19.8 Å². The molecule has 0 radical (unpaired) electrons. The standard InChI is InChI=1S/C21H36O4/c1-3-5-7-8-12-15-18(19(22)23)21(20(24)25,16-6-4-2)17-13-10-9-11-14-17/h15,17H,3-14,16H2,1-2H3,(H,22,23)(H,24,25). The quantitative estimate of drug-likeness (QED) is 0.343. The number of unbranched alkanes of at least 4 members (excludes halogenated alkanes) is 5. The summed E-state index contributed by atoms with van der Waals surface area (Å²) in [6.07, 6.45) is 13.5. The molecule has 1 atom stereocenters. The van der Waals surface area contributed by atoms with E-state index in [-0.39, 0.29) is 11.5 Å². The van der Waals surface area contributed by atoms with E-state index in [2.05, 4.69) is 6.92 Å². The predicted molar refractivity (Wildman–Crippen MR) is 101 cm³/mol. The predicted octanol–water partition coefficient (Wildman–Crippen LogP) is 5.81. The average Bonchev–Trinajstić information content (AvgIpc) is 2.60. The van der Waals surface area contributed by atoms with E-state index >= 15 is 0 Å². The highest BCUT2D eigenvalue weighted by Crippen LogP contribution is 2.48. The van der Waals surface area contributed by atoms with E-state index in [1.165, 1.54) is 0 Å². The van der Waals surface area contributed by atoms with Gasteiger partial charge in [-0.3, -0.25) is 4.79 Å². The second-order valence-electron chi connectivity index (χ2n) is 7.49. The van der Waals surface area contributed by atoms with Gasteiger partial charge in [0.05, 0.1) is 5.57 Å². The maximum absolute atomic E-state index is 12.4. The van der Waals surface area contributed by atoms with Gasteiger partial charge in [0.1, 0.15) is 5.41 Å². The minimum Gasteiger partial charge on any atom is -0.481 e. The Labute approximate surface area is 152 Å². The molecule has 1 aliphatic carbocycles. The van der Waals surface area contributed by atoms with Crippen LogP contribution in [0, 0.1) is 11.3 Å². The van der Waals surface area contributed by atoms with Crippen molar-refractivity contribution in [3.05, 3.63) is 11.6 Å². The Hall–Kier alpha value is -1.32. The van der Waals surface area contributed by atoms with Gasteiger partial charge in [0, 0.05) is 0 Å². The van der Waals surface area contributed by atoms with Crippen molar-refractivity contribution in [1.82, 2.24) is 0 Å². The number of carboxylic acids is 2. The third-order valence-electron chi connectivity index (χ3n) is 5.73. The number of hydrogen-bond acceptors (Lipinski definition) is 2. The minimum atomic E-state index is -1.22. The number of hydrogen-bond donors (Lipinski definition) is 2. The molecular formula is C21H36O4. The molecule has 4 heteroatoms. The third kappa shape index (κ3) is 5.86. The molecule has 1 unspecified atom stereocenters. The van der Waals surface area contributed by atoms with Gasteiger partial charge in [-0.25, -0.2) is 4.79 Å². The van der Waals surface area contributed by atoms with Crippen molar-refractivity contribution in [3.63, 3.8) is 0 Å². The number of rotatable bonds is 12. The zero-order valence-corrected chi connectivity index (χ0v) is 16.1. The van der Waals surface area contributed by atoms with Gasteiger partial charge >= 0.3 is 11.9 Å². The zero-order chi connectivity index (χ0) is 18.7. The topological polar surface area (TPSA) is 74.6 Å². The number of aliphatic carboxylic acids is 2. The maximum atomic E-state index is 12.4. The van der Waals surface area contributed by atoms with Gasteiger partial charge in [-0.05, 0) is 38.0 Å². The molecule has 144 valence electrons. The molecule has 0 aromatic rings. The molecule has 1 fully saturated rings. The fourth-order valence-corrected chi connectivity index (χ4v) is 4.28. The van der Waals surface area contributed by atoms with Crippen LogP contribution < -0.4 is 0 Å². The Kier molecular flexibility index (Phi) is 9.84. The number of allylic oxidation sites excluding steroid dienone is 1. The van der Waals surface area contributed by atoms with Crippen LogP contribution in [0.25, 0.3) is 0 Å². The van der Waals surface area contributed by atoms with Crippen LogP contribution in [0.2, 0.25) is 0 Å². The molecule has 0 heterocycles. The highest BCUT2D eigenvalue weighted by Gasteiger charge is 2.50. The van der Waals surface area contributed by atoms with Gasteiger partial charge in [-0.1, -0.05) is 71.3 Å². The summed E-state index contributed by atoms with van der Waals surface area (Å²) in [6.45, 7) is 4.17. The first-order valence-corrected chi connectivity index (χ1v) is 10.2. The van der Waals surface area contributed by atoms with Crippen LogP contribution in [-0.2, 0) is 9.59 Å². The molecule has 1 saturated carbocycles. The summed E-state index contributed by atoms with van der Waals surface area (Å²) in [5.41, 5.74) is -1.07. The van der Waals surface area contributed by atoms with Gasteiger partial charge in [-0.2, -0.15) is 0 Å². The number of carboxylic acid groups (broad SMARTS) is 2. The van der Waals surface area contributed by atoms with Crippen molar-refractivity contribution >= 4 is 11.9 Å². The molecule has 2 N–H and O–H groups in total. The molecule has 0 bridgehead atoms. The van der Waals surface area contributed by atoms with Crippen molar-refractivity contribution in [2.75, 3.05) is 0 Å². The lowest BCUT2D eigenvalue weighted by atomic mass is 9.62. The maximum Gasteiger partial charge on any atom is 0.332 e. The lowest BCUT2D eigenvalue weighted by Crippen LogP contribution is -2.44. The fraction of sp³-hybridized carbons (Fsp3) is 0.810. The zero-order valence-electron chi connectivity index (χ0n) is 16.1. The summed E-state index contributed by atoms with van der Waals surface area (Å²) >= 11 is 0. The molecule has 25 heavy (non-hydrogen) atoms. The summed E-state index contributed by atoms with van der Waals surface area (Å²) in [5.74, 6) is -2.03. The summed E-state index contributed by atoms with van der Waals surface area (Å²) in [4.78, 5) is 24.4. The van der Waals surface area contributed by atoms with E-state index in [1.54, 1.807) is 6.08 Å². The van der Waals surface area contributed by atoms with Crippen molar-refractivity contribution < 1.29 is 19.8 Å². The Morgan fingerprint density at radius 3 is 2.12 bits per heavy atom. The van der Waals surface area contributed by atoms with Crippen molar-refractivity contribution in [2.45, 2.75) is 97.3 Å². The molecule has 0 saturated heterocycles. The molecule has 0 amide bonds. The summed E-state index contributed by atoms with van der Waals surface area (Å²) < 4.78 is 0. The van der Waals surface area contributed by atoms with Gasteiger partial charge in [-0.15, -0.1) is 0 Å². The summed E-state index contributed by atoms with van der Waals surface area (Å²) in [6, 6.07) is 0. The summed E-state index contributed by atoms with van der Waals surface area (Å²) in [5, 5.41) is 20.0. The van der Waals surface area contributed by atoms with Crippen molar-refractivity contribution in [3.8, 4) is 0 Å². The van der Waals surface area contributed by atoms with Gasteiger partial charge in [0.15, 0.2) is 0 Å². The smallest absolute Gasteiger partial charge is 0.332 e. The average molecular weight is 353 g/mol. The lowest BCUT2D eigenvalue weighted by Gasteiger charge is -2.40. The normalized spacial score (nSPS) is 18.7. The highest BCUT2D eigenvalue weighted by atomic mass is 16.4. The fourth-order valence-electron chi connectivity index (χ4n) is 4.28. The van der Waals surface area contributed by atoms with E-state index in [0.29, 0.717) is 12.8 Å². The Bertz CT molecular complexity index is 449. The Morgan fingerprint density at radius 1 is 0.960 bits per heavy atom. The van der Waals surface area contributed by atoms with Crippen LogP contribution in [-0.4, -0.2) is 22.2 Å². The SMILES string of the molecule is CCCCCCC=C(C(=O)O)C(CCCC)(C(=O)O)C1CCCCC1. The Balaban J connectivity index is 3.15. The molecule has 4 nitrogen and oxygen atoms in total. The first-order valence-electron chi connectivity index (χ1n) is 10.2. The molecule has 1 rings (SSSR count). The largest absolute Gasteiger partial charge is 0.481 e. The van der Waals surface area contributed by atoms with Crippen LogP contribution in [0.15, 0.2) is 11.6 Å². The molecule has 0 aromatic heterocycles. The second kappa shape index (κ2) is 11.3. The summed E-state index contributed by atoms with van der Waals surface area (Å²) in [7, 11) is 0. The van der Waals surface area contributed by atoms with E-state index in [4.69, 9.17) is 0 Å². The van der Waals surface area contributed by atoms with Crippen LogP contribution in [0.5, 0.6) is 0 Å². The number of carbonyl (C=O) groups is 2. The van der Waals surface area contributed by atoms with Crippen molar-refractivity contribution in [1.29, 1.82) is 0 Å². The highest BCUT2D eigenvalue weighted by molar-refractivity contribution is 5.96. The van der Waals surface area contributed by atoms with Gasteiger partial charge in [0.25, 0.3) is 0 Å². The molecule has 0 spiro atoms. The van der Waals surface area contributed by atoms with Crippen LogP contribution in [0.4, 0.5) is 0 Å². The van der Waals surface area contributed by atoms with Crippen LogP contribution >= 0.6 is 0 Å². The first kappa shape index (κ1) is 21.7. The monoisotopic (exact) mass is 352 g/mol. The van der Waals surface area contributed by atoms with Gasteiger partial charge < -0.3 is 10.2 Å². The van der Waals surface area contributed by atoms with Crippen molar-refractivity contribution in [2.24, 2.45) is 11.3 Å². The first-order chi connectivity index (χ1) is 12.0. The lowest BCUT2D eigenvalue weighted by molar-refractivity contribution is -0.154. The second-order valence-corrected chi connectivity index (χ2v) is 7.49. The van der Waals surface area contributed by atoms with Gasteiger partial charge in [0.2, 0.25) is 0 Å². The minimum absolute atomic E-state index is 0.0525. The van der Waals surface area contributed by atoms with Crippen LogP contribution in [0.3, 0.4) is 0 Å². The molecule has 1 aliphatic rings. The molecule has 0 aliphatic heterocycles. The Morgan fingerprint density at radius 2 is 1.60 bits per heavy atom.